The van der Waals surface area contributed by atoms with Gasteiger partial charge in [0, 0.05) is 13.4 Å². The number of hydrogen-bond acceptors (Lipinski definition) is 3. The molecular formula is C10H6Br3NO2S2. The molecule has 0 aliphatic rings. The molecule has 2 aromatic rings. The smallest absolute Gasteiger partial charge is 0.272 e. The average Bonchev–Trinajstić information content (AvgIpc) is 2.70. The van der Waals surface area contributed by atoms with Gasteiger partial charge in [0.15, 0.2) is 4.21 Å². The van der Waals surface area contributed by atoms with E-state index in [0.29, 0.717) is 14.6 Å². The van der Waals surface area contributed by atoms with Gasteiger partial charge in [0.05, 0.1) is 5.69 Å². The van der Waals surface area contributed by atoms with Gasteiger partial charge in [-0.1, -0.05) is 15.9 Å². The molecule has 96 valence electrons. The molecule has 0 radical (unpaired) electrons. The van der Waals surface area contributed by atoms with Crippen LogP contribution in [0.5, 0.6) is 0 Å². The summed E-state index contributed by atoms with van der Waals surface area (Å²) in [7, 11) is -3.57. The van der Waals surface area contributed by atoms with Crippen LogP contribution in [-0.2, 0) is 10.0 Å². The summed E-state index contributed by atoms with van der Waals surface area (Å²) in [5, 5.41) is 1.72. The molecule has 2 rings (SSSR count). The van der Waals surface area contributed by atoms with Crippen molar-refractivity contribution in [3.05, 3.63) is 43.1 Å². The van der Waals surface area contributed by atoms with Gasteiger partial charge in [-0.3, -0.25) is 4.72 Å². The van der Waals surface area contributed by atoms with Gasteiger partial charge in [-0.25, -0.2) is 8.42 Å². The van der Waals surface area contributed by atoms with E-state index >= 15 is 0 Å². The molecule has 3 nitrogen and oxygen atoms in total. The number of hydrogen-bond donors (Lipinski definition) is 1. The van der Waals surface area contributed by atoms with E-state index in [0.717, 1.165) is 15.8 Å². The molecule has 0 atom stereocenters. The Morgan fingerprint density at radius 1 is 1.06 bits per heavy atom. The van der Waals surface area contributed by atoms with Crippen molar-refractivity contribution in [2.24, 2.45) is 0 Å². The summed E-state index contributed by atoms with van der Waals surface area (Å²) < 4.78 is 29.2. The zero-order chi connectivity index (χ0) is 13.3. The van der Waals surface area contributed by atoms with Crippen LogP contribution in [0.3, 0.4) is 0 Å². The molecule has 1 aromatic carbocycles. The lowest BCUT2D eigenvalue weighted by atomic mass is 10.3. The Morgan fingerprint density at radius 2 is 1.78 bits per heavy atom. The quantitative estimate of drug-likeness (QED) is 0.690. The molecule has 0 fully saturated rings. The molecular weight excluding hydrogens is 470 g/mol. The lowest BCUT2D eigenvalue weighted by Crippen LogP contribution is -2.12. The Kier molecular flexibility index (Phi) is 4.53. The predicted octanol–water partition coefficient (Wildman–Crippen LogP) is 4.84. The summed E-state index contributed by atoms with van der Waals surface area (Å²) in [6.07, 6.45) is 0. The van der Waals surface area contributed by atoms with E-state index in [9.17, 15) is 8.42 Å². The minimum absolute atomic E-state index is 0.259. The van der Waals surface area contributed by atoms with Crippen LogP contribution in [-0.4, -0.2) is 8.42 Å². The van der Waals surface area contributed by atoms with E-state index in [1.807, 2.05) is 6.07 Å². The number of anilines is 1. The van der Waals surface area contributed by atoms with Crippen LogP contribution in [0, 0.1) is 0 Å². The molecule has 0 saturated carbocycles. The van der Waals surface area contributed by atoms with Crippen molar-refractivity contribution < 1.29 is 8.42 Å². The van der Waals surface area contributed by atoms with Crippen LogP contribution in [0.1, 0.15) is 0 Å². The van der Waals surface area contributed by atoms with Crippen molar-refractivity contribution >= 4 is 74.8 Å². The first-order chi connectivity index (χ1) is 8.40. The number of rotatable bonds is 3. The Labute approximate surface area is 134 Å². The monoisotopic (exact) mass is 473 g/mol. The molecule has 8 heteroatoms. The first-order valence-corrected chi connectivity index (χ1v) is 9.35. The second-order valence-electron chi connectivity index (χ2n) is 3.29. The molecule has 0 aliphatic carbocycles. The summed E-state index contributed by atoms with van der Waals surface area (Å²) in [5.74, 6) is 0. The van der Waals surface area contributed by atoms with E-state index in [-0.39, 0.29) is 4.21 Å². The Balaban J connectivity index is 2.40. The predicted molar refractivity (Wildman–Crippen MR) is 84.7 cm³/mol. The summed E-state index contributed by atoms with van der Waals surface area (Å²) in [6.45, 7) is 0. The van der Waals surface area contributed by atoms with Crippen LogP contribution < -0.4 is 4.72 Å². The summed E-state index contributed by atoms with van der Waals surface area (Å²) in [5.41, 5.74) is 0.490. The van der Waals surface area contributed by atoms with Gasteiger partial charge >= 0.3 is 0 Å². The van der Waals surface area contributed by atoms with Gasteiger partial charge in [-0.15, -0.1) is 11.3 Å². The van der Waals surface area contributed by atoms with Gasteiger partial charge in [-0.2, -0.15) is 0 Å². The number of thiophene rings is 1. The second-order valence-corrected chi connectivity index (χ2v) is 8.70. The van der Waals surface area contributed by atoms with E-state index in [1.54, 1.807) is 23.6 Å². The maximum atomic E-state index is 12.2. The van der Waals surface area contributed by atoms with Crippen molar-refractivity contribution in [2.75, 3.05) is 4.72 Å². The maximum Gasteiger partial charge on any atom is 0.272 e. The Bertz CT molecular complexity index is 682. The fourth-order valence-electron chi connectivity index (χ4n) is 1.24. The van der Waals surface area contributed by atoms with Crippen LogP contribution in [0.4, 0.5) is 5.69 Å². The summed E-state index contributed by atoms with van der Waals surface area (Å²) in [4.78, 5) is 0. The molecule has 0 saturated heterocycles. The highest BCUT2D eigenvalue weighted by atomic mass is 79.9. The van der Waals surface area contributed by atoms with E-state index in [4.69, 9.17) is 0 Å². The molecule has 18 heavy (non-hydrogen) atoms. The molecule has 0 unspecified atom stereocenters. The fourth-order valence-corrected chi connectivity index (χ4v) is 5.49. The van der Waals surface area contributed by atoms with Gasteiger partial charge in [0.1, 0.15) is 0 Å². The fraction of sp³-hybridized carbons (Fsp3) is 0. The van der Waals surface area contributed by atoms with E-state index < -0.39 is 10.0 Å². The molecule has 1 aromatic heterocycles. The van der Waals surface area contributed by atoms with Crippen molar-refractivity contribution in [2.45, 2.75) is 4.21 Å². The third kappa shape index (κ3) is 3.16. The number of benzene rings is 1. The lowest BCUT2D eigenvalue weighted by molar-refractivity contribution is 0.603. The van der Waals surface area contributed by atoms with Crippen molar-refractivity contribution in [1.82, 2.24) is 0 Å². The van der Waals surface area contributed by atoms with Crippen LogP contribution in [0.25, 0.3) is 0 Å². The highest BCUT2D eigenvalue weighted by Gasteiger charge is 2.20. The zero-order valence-corrected chi connectivity index (χ0v) is 15.0. The number of halogens is 3. The van der Waals surface area contributed by atoms with Crippen molar-refractivity contribution in [3.8, 4) is 0 Å². The Hall–Kier alpha value is 0.110. The summed E-state index contributed by atoms with van der Waals surface area (Å²) in [6, 6.07) is 6.99. The third-order valence-electron chi connectivity index (χ3n) is 2.00. The number of sulfonamides is 1. The van der Waals surface area contributed by atoms with Crippen LogP contribution >= 0.6 is 59.1 Å². The SMILES string of the molecule is O=S(=O)(Nc1cc(Br)ccc1Br)c1sccc1Br. The number of nitrogens with one attached hydrogen (secondary N) is 1. The minimum atomic E-state index is -3.57. The minimum Gasteiger partial charge on any atom is -0.278 e. The zero-order valence-electron chi connectivity index (χ0n) is 8.65. The highest BCUT2D eigenvalue weighted by Crippen LogP contribution is 2.32. The van der Waals surface area contributed by atoms with Gasteiger partial charge in [-0.05, 0) is 61.5 Å². The molecule has 0 spiro atoms. The first-order valence-electron chi connectivity index (χ1n) is 4.61. The Morgan fingerprint density at radius 3 is 2.39 bits per heavy atom. The second kappa shape index (κ2) is 5.62. The van der Waals surface area contributed by atoms with Gasteiger partial charge in [0.2, 0.25) is 0 Å². The van der Waals surface area contributed by atoms with Crippen LogP contribution in [0.2, 0.25) is 0 Å². The molecule has 0 amide bonds. The molecule has 1 N–H and O–H groups in total. The van der Waals surface area contributed by atoms with Crippen molar-refractivity contribution in [3.63, 3.8) is 0 Å². The van der Waals surface area contributed by atoms with E-state index in [2.05, 4.69) is 52.5 Å². The molecule has 0 bridgehead atoms. The van der Waals surface area contributed by atoms with E-state index in [1.165, 1.54) is 0 Å². The van der Waals surface area contributed by atoms with Crippen LogP contribution in [0.15, 0.2) is 47.3 Å². The average molecular weight is 476 g/mol. The largest absolute Gasteiger partial charge is 0.278 e. The molecule has 1 heterocycles. The van der Waals surface area contributed by atoms with Crippen molar-refractivity contribution in [1.29, 1.82) is 0 Å². The highest BCUT2D eigenvalue weighted by molar-refractivity contribution is 9.11. The molecule has 0 aliphatic heterocycles. The topological polar surface area (TPSA) is 46.2 Å². The standard InChI is InChI=1S/C10H6Br3NO2S2/c11-6-1-2-7(12)9(5-6)14-18(15,16)10-8(13)3-4-17-10/h1-5,14H. The normalized spacial score (nSPS) is 11.5. The third-order valence-corrected chi connectivity index (χ3v) is 7.22. The first kappa shape index (κ1) is 14.5. The van der Waals surface area contributed by atoms with Gasteiger partial charge < -0.3 is 0 Å². The summed E-state index contributed by atoms with van der Waals surface area (Å²) >= 11 is 11.0. The maximum absolute atomic E-state index is 12.2. The van der Waals surface area contributed by atoms with Gasteiger partial charge in [0.25, 0.3) is 10.0 Å². The lowest BCUT2D eigenvalue weighted by Gasteiger charge is -2.09.